The van der Waals surface area contributed by atoms with Crippen LogP contribution in [0.5, 0.6) is 0 Å². The van der Waals surface area contributed by atoms with E-state index in [2.05, 4.69) is 69.7 Å². The van der Waals surface area contributed by atoms with Crippen LogP contribution in [0.2, 0.25) is 0 Å². The van der Waals surface area contributed by atoms with E-state index in [9.17, 15) is 0 Å². The minimum absolute atomic E-state index is 0.711. The summed E-state index contributed by atoms with van der Waals surface area (Å²) >= 11 is 9.12. The highest BCUT2D eigenvalue weighted by molar-refractivity contribution is 14.1. The molecule has 3 nitrogen and oxygen atoms in total. The molecule has 0 amide bonds. The van der Waals surface area contributed by atoms with Crippen molar-refractivity contribution in [2.45, 2.75) is 0 Å². The van der Waals surface area contributed by atoms with Gasteiger partial charge in [-0.1, -0.05) is 0 Å². The van der Waals surface area contributed by atoms with Gasteiger partial charge in [-0.3, -0.25) is 0 Å². The predicted molar refractivity (Wildman–Crippen MR) is 85.1 cm³/mol. The number of hydrogen-bond donors (Lipinski definition) is 1. The molecule has 0 aliphatic rings. The van der Waals surface area contributed by atoms with Gasteiger partial charge in [-0.2, -0.15) is 0 Å². The van der Waals surface area contributed by atoms with Gasteiger partial charge in [-0.05, 0) is 72.6 Å². The fourth-order valence-electron chi connectivity index (χ4n) is 1.32. The molecular weight excluding hydrogens is 461 g/mol. The number of hydrogen-bond acceptors (Lipinski definition) is 3. The molecule has 0 fully saturated rings. The Morgan fingerprint density at radius 1 is 1.24 bits per heavy atom. The Labute approximate surface area is 130 Å². The second-order valence-corrected chi connectivity index (χ2v) is 6.14. The molecule has 0 radical (unpaired) electrons. The summed E-state index contributed by atoms with van der Waals surface area (Å²) in [4.78, 5) is 8.80. The lowest BCUT2D eigenvalue weighted by Gasteiger charge is -2.06. The number of nitrogens with one attached hydrogen (secondary N) is 1. The van der Waals surface area contributed by atoms with E-state index in [1.807, 2.05) is 31.4 Å². The van der Waals surface area contributed by atoms with Crippen LogP contribution < -0.4 is 5.32 Å². The van der Waals surface area contributed by atoms with Crippen molar-refractivity contribution in [1.82, 2.24) is 9.97 Å². The van der Waals surface area contributed by atoms with E-state index >= 15 is 0 Å². The van der Waals surface area contributed by atoms with Gasteiger partial charge in [0, 0.05) is 27.8 Å². The van der Waals surface area contributed by atoms with Crippen molar-refractivity contribution in [3.05, 3.63) is 36.9 Å². The standard InChI is InChI=1S/C11H8Br2IN3/c1-15-11-9(14)5-16-10(17-11)6-2-3-7(12)8(13)4-6/h2-5H,1H3,(H,15,16,17). The van der Waals surface area contributed by atoms with Gasteiger partial charge in [0.2, 0.25) is 0 Å². The molecule has 88 valence electrons. The summed E-state index contributed by atoms with van der Waals surface area (Å²) in [5, 5.41) is 3.05. The van der Waals surface area contributed by atoms with E-state index in [4.69, 9.17) is 0 Å². The molecule has 0 atom stereocenters. The molecule has 0 bridgehead atoms. The average Bonchev–Trinajstić information content (AvgIpc) is 2.33. The lowest BCUT2D eigenvalue weighted by atomic mass is 10.2. The number of nitrogens with zero attached hydrogens (tertiary/aromatic N) is 2. The van der Waals surface area contributed by atoms with Crippen LogP contribution in [-0.4, -0.2) is 17.0 Å². The van der Waals surface area contributed by atoms with Crippen molar-refractivity contribution >= 4 is 60.3 Å². The van der Waals surface area contributed by atoms with E-state index in [1.165, 1.54) is 0 Å². The maximum absolute atomic E-state index is 4.47. The topological polar surface area (TPSA) is 37.8 Å². The first kappa shape index (κ1) is 13.2. The zero-order valence-electron chi connectivity index (χ0n) is 8.84. The molecule has 0 spiro atoms. The molecular formula is C11H8Br2IN3. The van der Waals surface area contributed by atoms with E-state index in [1.54, 1.807) is 0 Å². The van der Waals surface area contributed by atoms with Crippen LogP contribution in [0.1, 0.15) is 0 Å². The van der Waals surface area contributed by atoms with E-state index in [0.29, 0.717) is 5.82 Å². The van der Waals surface area contributed by atoms with Crippen molar-refractivity contribution in [2.75, 3.05) is 12.4 Å². The molecule has 6 heteroatoms. The van der Waals surface area contributed by atoms with Crippen LogP contribution in [0.15, 0.2) is 33.3 Å². The molecule has 1 heterocycles. The number of benzene rings is 1. The number of aromatic nitrogens is 2. The first-order valence-electron chi connectivity index (χ1n) is 4.77. The predicted octanol–water partition coefficient (Wildman–Crippen LogP) is 4.31. The second-order valence-electron chi connectivity index (χ2n) is 3.27. The molecule has 1 aromatic carbocycles. The monoisotopic (exact) mass is 467 g/mol. The van der Waals surface area contributed by atoms with Gasteiger partial charge in [0.05, 0.1) is 3.57 Å². The van der Waals surface area contributed by atoms with Crippen molar-refractivity contribution < 1.29 is 0 Å². The highest BCUT2D eigenvalue weighted by atomic mass is 127. The summed E-state index contributed by atoms with van der Waals surface area (Å²) in [6, 6.07) is 5.95. The summed E-state index contributed by atoms with van der Waals surface area (Å²) in [6.07, 6.45) is 1.81. The van der Waals surface area contributed by atoms with Crippen LogP contribution in [0.3, 0.4) is 0 Å². The van der Waals surface area contributed by atoms with Crippen molar-refractivity contribution in [1.29, 1.82) is 0 Å². The van der Waals surface area contributed by atoms with E-state index < -0.39 is 0 Å². The van der Waals surface area contributed by atoms with Crippen LogP contribution in [-0.2, 0) is 0 Å². The lowest BCUT2D eigenvalue weighted by molar-refractivity contribution is 1.15. The van der Waals surface area contributed by atoms with Gasteiger partial charge in [0.25, 0.3) is 0 Å². The van der Waals surface area contributed by atoms with Crippen LogP contribution in [0, 0.1) is 3.57 Å². The Bertz CT molecular complexity index is 560. The third-order valence-corrected chi connectivity index (χ3v) is 4.83. The lowest BCUT2D eigenvalue weighted by Crippen LogP contribution is -1.99. The molecule has 0 aliphatic heterocycles. The third-order valence-electron chi connectivity index (χ3n) is 2.16. The Morgan fingerprint density at radius 2 is 2.00 bits per heavy atom. The Kier molecular flexibility index (Phi) is 4.37. The van der Waals surface area contributed by atoms with Gasteiger partial charge in [0.15, 0.2) is 5.82 Å². The summed E-state index contributed by atoms with van der Waals surface area (Å²) in [7, 11) is 1.85. The van der Waals surface area contributed by atoms with Crippen LogP contribution in [0.4, 0.5) is 5.82 Å². The van der Waals surface area contributed by atoms with Crippen LogP contribution in [0.25, 0.3) is 11.4 Å². The maximum atomic E-state index is 4.47. The molecule has 2 rings (SSSR count). The van der Waals surface area contributed by atoms with Gasteiger partial charge in [0.1, 0.15) is 5.82 Å². The molecule has 0 saturated carbocycles. The fraction of sp³-hybridized carbons (Fsp3) is 0.0909. The first-order valence-corrected chi connectivity index (χ1v) is 7.44. The molecule has 0 saturated heterocycles. The minimum Gasteiger partial charge on any atom is -0.372 e. The highest BCUT2D eigenvalue weighted by Gasteiger charge is 2.07. The molecule has 0 aliphatic carbocycles. The van der Waals surface area contributed by atoms with Crippen molar-refractivity contribution in [2.24, 2.45) is 0 Å². The summed E-state index contributed by atoms with van der Waals surface area (Å²) in [6.45, 7) is 0. The van der Waals surface area contributed by atoms with Crippen molar-refractivity contribution in [3.8, 4) is 11.4 Å². The van der Waals surface area contributed by atoms with Crippen LogP contribution >= 0.6 is 54.5 Å². The first-order chi connectivity index (χ1) is 8.11. The number of anilines is 1. The summed E-state index contributed by atoms with van der Waals surface area (Å²) < 4.78 is 3.01. The number of rotatable bonds is 2. The molecule has 2 aromatic rings. The molecule has 17 heavy (non-hydrogen) atoms. The molecule has 1 N–H and O–H groups in total. The van der Waals surface area contributed by atoms with E-state index in [-0.39, 0.29) is 0 Å². The summed E-state index contributed by atoms with van der Waals surface area (Å²) in [5.41, 5.74) is 0.980. The second kappa shape index (κ2) is 5.62. The van der Waals surface area contributed by atoms with Crippen molar-refractivity contribution in [3.63, 3.8) is 0 Å². The molecule has 0 unspecified atom stereocenters. The fourth-order valence-corrected chi connectivity index (χ4v) is 2.47. The largest absolute Gasteiger partial charge is 0.372 e. The zero-order chi connectivity index (χ0) is 12.4. The smallest absolute Gasteiger partial charge is 0.161 e. The van der Waals surface area contributed by atoms with Gasteiger partial charge in [-0.25, -0.2) is 9.97 Å². The van der Waals surface area contributed by atoms with Gasteiger partial charge in [-0.15, -0.1) is 0 Å². The average molecular weight is 469 g/mol. The maximum Gasteiger partial charge on any atom is 0.161 e. The summed E-state index contributed by atoms with van der Waals surface area (Å²) in [5.74, 6) is 1.55. The Morgan fingerprint density at radius 3 is 2.65 bits per heavy atom. The normalized spacial score (nSPS) is 10.4. The Hall–Kier alpha value is -0.210. The highest BCUT2D eigenvalue weighted by Crippen LogP contribution is 2.28. The van der Waals surface area contributed by atoms with Gasteiger partial charge >= 0.3 is 0 Å². The number of halogens is 3. The van der Waals surface area contributed by atoms with E-state index in [0.717, 1.165) is 23.9 Å². The SMILES string of the molecule is CNc1nc(-c2ccc(Br)c(Br)c2)ncc1I. The third kappa shape index (κ3) is 2.97. The zero-order valence-corrected chi connectivity index (χ0v) is 14.2. The van der Waals surface area contributed by atoms with Gasteiger partial charge < -0.3 is 5.32 Å². The minimum atomic E-state index is 0.711. The Balaban J connectivity index is 2.49. The quantitative estimate of drug-likeness (QED) is 0.667. The molecule has 1 aromatic heterocycles.